The van der Waals surface area contributed by atoms with Crippen molar-refractivity contribution in [3.05, 3.63) is 35.8 Å². The quantitative estimate of drug-likeness (QED) is 0.877. The highest BCUT2D eigenvalue weighted by molar-refractivity contribution is 5.58. The lowest BCUT2D eigenvalue weighted by molar-refractivity contribution is 0.170. The van der Waals surface area contributed by atoms with Crippen LogP contribution in [0.5, 0.6) is 0 Å². The maximum absolute atomic E-state index is 13.7. The van der Waals surface area contributed by atoms with E-state index in [1.54, 1.807) is 12.3 Å². The molecule has 4 nitrogen and oxygen atoms in total. The van der Waals surface area contributed by atoms with E-state index in [9.17, 15) is 4.39 Å². The van der Waals surface area contributed by atoms with Gasteiger partial charge in [-0.1, -0.05) is 0 Å². The number of nitrogens with one attached hydrogen (secondary N) is 1. The molecule has 0 spiro atoms. The minimum atomic E-state index is -0.149. The zero-order valence-electron chi connectivity index (χ0n) is 9.36. The smallest absolute Gasteiger partial charge is 0.127 e. The predicted molar refractivity (Wildman–Crippen MR) is 61.7 cm³/mol. The summed E-state index contributed by atoms with van der Waals surface area (Å²) in [5, 5.41) is 10.3. The average Bonchev–Trinajstić information content (AvgIpc) is 2.79. The summed E-state index contributed by atoms with van der Waals surface area (Å²) >= 11 is 0. The Hall–Kier alpha value is -1.75. The van der Waals surface area contributed by atoms with Crippen LogP contribution in [0.25, 0.3) is 11.3 Å². The maximum atomic E-state index is 13.7. The first-order chi connectivity index (χ1) is 8.33. The van der Waals surface area contributed by atoms with E-state index in [2.05, 4.69) is 20.3 Å². The van der Waals surface area contributed by atoms with E-state index in [4.69, 9.17) is 0 Å². The Kier molecular flexibility index (Phi) is 2.60. The van der Waals surface area contributed by atoms with Gasteiger partial charge in [-0.25, -0.2) is 4.39 Å². The van der Waals surface area contributed by atoms with Crippen molar-refractivity contribution in [1.29, 1.82) is 0 Å². The van der Waals surface area contributed by atoms with E-state index in [0.29, 0.717) is 6.54 Å². The average molecular weight is 232 g/mol. The van der Waals surface area contributed by atoms with Crippen LogP contribution in [0.15, 0.2) is 24.4 Å². The third-order valence-electron chi connectivity index (χ3n) is 3.10. The van der Waals surface area contributed by atoms with Gasteiger partial charge in [0.15, 0.2) is 0 Å². The molecule has 0 saturated carbocycles. The molecule has 0 radical (unpaired) electrons. The second-order valence-corrected chi connectivity index (χ2v) is 4.29. The monoisotopic (exact) mass is 232 g/mol. The summed E-state index contributed by atoms with van der Waals surface area (Å²) in [5.41, 5.74) is 2.37. The number of halogens is 1. The Bertz CT molecular complexity index is 505. The summed E-state index contributed by atoms with van der Waals surface area (Å²) in [6.07, 6.45) is 2.85. The summed E-state index contributed by atoms with van der Waals surface area (Å²) in [6, 6.07) is 5.08. The third-order valence-corrected chi connectivity index (χ3v) is 3.10. The molecule has 1 saturated heterocycles. The van der Waals surface area contributed by atoms with Crippen LogP contribution in [-0.4, -0.2) is 33.4 Å². The maximum Gasteiger partial charge on any atom is 0.127 e. The Labute approximate surface area is 98.5 Å². The molecule has 2 heterocycles. The van der Waals surface area contributed by atoms with E-state index < -0.39 is 0 Å². The minimum absolute atomic E-state index is 0.149. The molecule has 5 heteroatoms. The molecular weight excluding hydrogens is 219 g/mol. The Morgan fingerprint density at radius 2 is 2.24 bits per heavy atom. The molecule has 0 amide bonds. The zero-order valence-corrected chi connectivity index (χ0v) is 9.36. The van der Waals surface area contributed by atoms with Gasteiger partial charge in [-0.3, -0.25) is 4.90 Å². The number of likely N-dealkylation sites (tertiary alicyclic amines) is 1. The van der Waals surface area contributed by atoms with Crippen molar-refractivity contribution in [2.24, 2.45) is 0 Å². The van der Waals surface area contributed by atoms with E-state index in [1.807, 2.05) is 6.07 Å². The highest BCUT2D eigenvalue weighted by Gasteiger charge is 2.16. The van der Waals surface area contributed by atoms with Crippen molar-refractivity contribution in [2.45, 2.75) is 13.0 Å². The van der Waals surface area contributed by atoms with E-state index >= 15 is 0 Å². The Morgan fingerprint density at radius 3 is 2.88 bits per heavy atom. The van der Waals surface area contributed by atoms with Crippen LogP contribution in [0.1, 0.15) is 12.0 Å². The van der Waals surface area contributed by atoms with Crippen molar-refractivity contribution < 1.29 is 4.39 Å². The molecule has 0 bridgehead atoms. The fraction of sp³-hybridized carbons (Fsp3) is 0.333. The standard InChI is InChI=1S/C12H13FN4/c13-11-3-2-9(12-7-14-16-15-12)6-10(11)8-17-4-1-5-17/h2-3,6-7H,1,4-5,8H2,(H,14,15,16). The molecular formula is C12H13FN4. The lowest BCUT2D eigenvalue weighted by Gasteiger charge is -2.30. The van der Waals surface area contributed by atoms with Crippen LogP contribution in [-0.2, 0) is 6.54 Å². The number of nitrogens with zero attached hydrogens (tertiary/aromatic N) is 3. The Morgan fingerprint density at radius 1 is 1.35 bits per heavy atom. The molecule has 88 valence electrons. The fourth-order valence-electron chi connectivity index (χ4n) is 1.98. The van der Waals surface area contributed by atoms with E-state index in [-0.39, 0.29) is 5.82 Å². The highest BCUT2D eigenvalue weighted by atomic mass is 19.1. The lowest BCUT2D eigenvalue weighted by Crippen LogP contribution is -2.36. The van der Waals surface area contributed by atoms with Crippen molar-refractivity contribution in [1.82, 2.24) is 20.3 Å². The molecule has 0 aliphatic carbocycles. The molecule has 1 aromatic carbocycles. The van der Waals surface area contributed by atoms with Gasteiger partial charge in [0, 0.05) is 17.7 Å². The Balaban J connectivity index is 1.89. The topological polar surface area (TPSA) is 44.8 Å². The van der Waals surface area contributed by atoms with Crippen LogP contribution in [0.2, 0.25) is 0 Å². The molecule has 1 aromatic heterocycles. The van der Waals surface area contributed by atoms with Crippen molar-refractivity contribution in [3.8, 4) is 11.3 Å². The number of hydrogen-bond acceptors (Lipinski definition) is 3. The summed E-state index contributed by atoms with van der Waals surface area (Å²) < 4.78 is 13.7. The number of aromatic amines is 1. The number of benzene rings is 1. The molecule has 1 aliphatic heterocycles. The molecule has 3 rings (SSSR count). The number of rotatable bonds is 3. The van der Waals surface area contributed by atoms with E-state index in [0.717, 1.165) is 29.9 Å². The van der Waals surface area contributed by atoms with Gasteiger partial charge in [0.05, 0.1) is 6.20 Å². The largest absolute Gasteiger partial charge is 0.299 e. The zero-order chi connectivity index (χ0) is 11.7. The molecule has 1 fully saturated rings. The first kappa shape index (κ1) is 10.4. The van der Waals surface area contributed by atoms with Gasteiger partial charge in [0.2, 0.25) is 0 Å². The molecule has 17 heavy (non-hydrogen) atoms. The van der Waals surface area contributed by atoms with Crippen LogP contribution < -0.4 is 0 Å². The fourth-order valence-corrected chi connectivity index (χ4v) is 1.98. The first-order valence-electron chi connectivity index (χ1n) is 5.70. The number of hydrogen-bond donors (Lipinski definition) is 1. The van der Waals surface area contributed by atoms with Gasteiger partial charge in [0.25, 0.3) is 0 Å². The summed E-state index contributed by atoms with van der Waals surface area (Å²) in [7, 11) is 0. The predicted octanol–water partition coefficient (Wildman–Crippen LogP) is 1.82. The van der Waals surface area contributed by atoms with Gasteiger partial charge in [-0.15, -0.1) is 0 Å². The van der Waals surface area contributed by atoms with Crippen molar-refractivity contribution in [3.63, 3.8) is 0 Å². The SMILES string of the molecule is Fc1ccc(-c2cn[nH]n2)cc1CN1CCC1. The molecule has 0 atom stereocenters. The molecule has 0 unspecified atom stereocenters. The second kappa shape index (κ2) is 4.25. The van der Waals surface area contributed by atoms with Crippen LogP contribution >= 0.6 is 0 Å². The summed E-state index contributed by atoms with van der Waals surface area (Å²) in [4.78, 5) is 2.23. The number of H-pyrrole nitrogens is 1. The normalized spacial score (nSPS) is 15.8. The minimum Gasteiger partial charge on any atom is -0.299 e. The van der Waals surface area contributed by atoms with Gasteiger partial charge >= 0.3 is 0 Å². The summed E-state index contributed by atoms with van der Waals surface area (Å²) in [6.45, 7) is 2.80. The van der Waals surface area contributed by atoms with Crippen molar-refractivity contribution >= 4 is 0 Å². The highest BCUT2D eigenvalue weighted by Crippen LogP contribution is 2.21. The van der Waals surface area contributed by atoms with E-state index in [1.165, 1.54) is 12.5 Å². The molecule has 1 aliphatic rings. The van der Waals surface area contributed by atoms with Gasteiger partial charge < -0.3 is 0 Å². The lowest BCUT2D eigenvalue weighted by atomic mass is 10.1. The van der Waals surface area contributed by atoms with Gasteiger partial charge in [-0.05, 0) is 37.7 Å². The van der Waals surface area contributed by atoms with Gasteiger partial charge in [0.1, 0.15) is 11.5 Å². The van der Waals surface area contributed by atoms with Crippen LogP contribution in [0, 0.1) is 5.82 Å². The van der Waals surface area contributed by atoms with Crippen molar-refractivity contribution in [2.75, 3.05) is 13.1 Å². The van der Waals surface area contributed by atoms with Crippen LogP contribution in [0.3, 0.4) is 0 Å². The van der Waals surface area contributed by atoms with Crippen LogP contribution in [0.4, 0.5) is 4.39 Å². The summed E-state index contributed by atoms with van der Waals surface area (Å²) in [5.74, 6) is -0.149. The third kappa shape index (κ3) is 2.06. The molecule has 2 aromatic rings. The van der Waals surface area contributed by atoms with Gasteiger partial charge in [-0.2, -0.15) is 15.4 Å². The molecule has 1 N–H and O–H groups in total. The first-order valence-corrected chi connectivity index (χ1v) is 5.70. The second-order valence-electron chi connectivity index (χ2n) is 4.29. The number of aromatic nitrogens is 3.